The van der Waals surface area contributed by atoms with Crippen LogP contribution in [0, 0.1) is 6.92 Å². The van der Waals surface area contributed by atoms with Gasteiger partial charge in [0.1, 0.15) is 6.04 Å². The quantitative estimate of drug-likeness (QED) is 0.447. The molecule has 0 aliphatic carbocycles. The van der Waals surface area contributed by atoms with E-state index in [9.17, 15) is 14.4 Å². The molecule has 0 bridgehead atoms. The SMILES string of the molecule is Cc1ccc(C=CC(=O)N2c3ccccc3NC(=O)C2CC(=O)Nc2ccc(Cl)c(Cl)c2)cc1. The predicted molar refractivity (Wildman–Crippen MR) is 136 cm³/mol. The molecule has 1 heterocycles. The highest BCUT2D eigenvalue weighted by Crippen LogP contribution is 2.33. The van der Waals surface area contributed by atoms with E-state index in [1.54, 1.807) is 42.5 Å². The molecular weight excluding hydrogens is 473 g/mol. The van der Waals surface area contributed by atoms with Gasteiger partial charge in [0, 0.05) is 11.8 Å². The van der Waals surface area contributed by atoms with Crippen LogP contribution in [0.5, 0.6) is 0 Å². The minimum Gasteiger partial charge on any atom is -0.326 e. The molecule has 172 valence electrons. The number of carbonyl (C=O) groups is 3. The van der Waals surface area contributed by atoms with Gasteiger partial charge in [-0.25, -0.2) is 0 Å². The summed E-state index contributed by atoms with van der Waals surface area (Å²) in [6, 6.07) is 18.3. The van der Waals surface area contributed by atoms with E-state index in [1.807, 2.05) is 31.2 Å². The van der Waals surface area contributed by atoms with Crippen LogP contribution in [0.15, 0.2) is 72.8 Å². The third-order valence-corrected chi connectivity index (χ3v) is 6.09. The number of amides is 3. The van der Waals surface area contributed by atoms with Crippen molar-refractivity contribution in [1.82, 2.24) is 0 Å². The zero-order chi connectivity index (χ0) is 24.2. The van der Waals surface area contributed by atoms with Gasteiger partial charge < -0.3 is 10.6 Å². The minimum absolute atomic E-state index is 0.246. The van der Waals surface area contributed by atoms with E-state index < -0.39 is 23.8 Å². The molecule has 1 unspecified atom stereocenters. The largest absolute Gasteiger partial charge is 0.326 e. The highest BCUT2D eigenvalue weighted by molar-refractivity contribution is 6.42. The van der Waals surface area contributed by atoms with Crippen molar-refractivity contribution in [2.45, 2.75) is 19.4 Å². The van der Waals surface area contributed by atoms with Crippen LogP contribution in [0.2, 0.25) is 10.0 Å². The molecule has 0 saturated carbocycles. The maximum absolute atomic E-state index is 13.3. The van der Waals surface area contributed by atoms with Crippen LogP contribution in [-0.4, -0.2) is 23.8 Å². The van der Waals surface area contributed by atoms with Gasteiger partial charge >= 0.3 is 0 Å². The monoisotopic (exact) mass is 493 g/mol. The first-order valence-corrected chi connectivity index (χ1v) is 11.3. The first-order valence-electron chi connectivity index (χ1n) is 10.5. The number of nitrogens with one attached hydrogen (secondary N) is 2. The summed E-state index contributed by atoms with van der Waals surface area (Å²) in [6.45, 7) is 1.98. The average Bonchev–Trinajstić information content (AvgIpc) is 2.81. The van der Waals surface area contributed by atoms with E-state index in [0.717, 1.165) is 11.1 Å². The van der Waals surface area contributed by atoms with Gasteiger partial charge in [-0.3, -0.25) is 19.3 Å². The fraction of sp³-hybridized carbons (Fsp3) is 0.115. The molecule has 0 radical (unpaired) electrons. The predicted octanol–water partition coefficient (Wildman–Crippen LogP) is 5.70. The van der Waals surface area contributed by atoms with Gasteiger partial charge in [0.2, 0.25) is 11.8 Å². The normalized spacial score (nSPS) is 15.1. The van der Waals surface area contributed by atoms with Crippen LogP contribution in [0.4, 0.5) is 17.1 Å². The number of hydrogen-bond donors (Lipinski definition) is 2. The molecule has 34 heavy (non-hydrogen) atoms. The van der Waals surface area contributed by atoms with Gasteiger partial charge in [-0.2, -0.15) is 0 Å². The lowest BCUT2D eigenvalue weighted by atomic mass is 10.0. The molecule has 6 nitrogen and oxygen atoms in total. The molecule has 0 aromatic heterocycles. The summed E-state index contributed by atoms with van der Waals surface area (Å²) in [7, 11) is 0. The van der Waals surface area contributed by atoms with E-state index >= 15 is 0 Å². The summed E-state index contributed by atoms with van der Waals surface area (Å²) in [5.41, 5.74) is 3.42. The number of rotatable bonds is 5. The van der Waals surface area contributed by atoms with Crippen molar-refractivity contribution in [2.75, 3.05) is 15.5 Å². The Morgan fingerprint density at radius 2 is 1.76 bits per heavy atom. The molecule has 1 aliphatic rings. The van der Waals surface area contributed by atoms with Crippen LogP contribution < -0.4 is 15.5 Å². The van der Waals surface area contributed by atoms with Gasteiger partial charge in [-0.1, -0.05) is 65.2 Å². The van der Waals surface area contributed by atoms with Gasteiger partial charge in [0.05, 0.1) is 27.8 Å². The van der Waals surface area contributed by atoms with Gasteiger partial charge in [0.25, 0.3) is 5.91 Å². The average molecular weight is 494 g/mol. The van der Waals surface area contributed by atoms with Crippen LogP contribution in [0.3, 0.4) is 0 Å². The van der Waals surface area contributed by atoms with Crippen molar-refractivity contribution in [3.8, 4) is 0 Å². The van der Waals surface area contributed by atoms with Crippen LogP contribution in [0.25, 0.3) is 6.08 Å². The number of hydrogen-bond acceptors (Lipinski definition) is 3. The van der Waals surface area contributed by atoms with Crippen molar-refractivity contribution in [3.63, 3.8) is 0 Å². The van der Waals surface area contributed by atoms with E-state index in [1.165, 1.54) is 17.0 Å². The lowest BCUT2D eigenvalue weighted by Gasteiger charge is -2.35. The molecule has 3 amide bonds. The summed E-state index contributed by atoms with van der Waals surface area (Å²) < 4.78 is 0. The Morgan fingerprint density at radius 3 is 2.50 bits per heavy atom. The standard InChI is InChI=1S/C26H21Cl2N3O3/c1-16-6-8-17(9-7-16)10-13-25(33)31-22-5-3-2-4-21(22)30-26(34)23(31)15-24(32)29-18-11-12-19(27)20(28)14-18/h2-14,23H,15H2,1H3,(H,29,32)(H,30,34). The van der Waals surface area contributed by atoms with Crippen LogP contribution in [0.1, 0.15) is 17.5 Å². The summed E-state index contributed by atoms with van der Waals surface area (Å²) in [4.78, 5) is 40.3. The molecule has 8 heteroatoms. The zero-order valence-corrected chi connectivity index (χ0v) is 19.7. The Bertz CT molecular complexity index is 1290. The summed E-state index contributed by atoms with van der Waals surface area (Å²) >= 11 is 11.9. The molecule has 3 aromatic rings. The van der Waals surface area contributed by atoms with Crippen LogP contribution >= 0.6 is 23.2 Å². The lowest BCUT2D eigenvalue weighted by Crippen LogP contribution is -2.52. The number of fused-ring (bicyclic) bond motifs is 1. The van der Waals surface area contributed by atoms with Gasteiger partial charge in [-0.05, 0) is 48.9 Å². The van der Waals surface area contributed by atoms with E-state index in [0.29, 0.717) is 27.1 Å². The Morgan fingerprint density at radius 1 is 1.03 bits per heavy atom. The first-order chi connectivity index (χ1) is 16.3. The Labute approximate surface area is 207 Å². The summed E-state index contributed by atoms with van der Waals surface area (Å²) in [5.74, 6) is -1.30. The number of benzene rings is 3. The Kier molecular flexibility index (Phi) is 7.01. The zero-order valence-electron chi connectivity index (χ0n) is 18.2. The topological polar surface area (TPSA) is 78.5 Å². The Balaban J connectivity index is 1.59. The van der Waals surface area contributed by atoms with E-state index in [2.05, 4.69) is 10.6 Å². The molecule has 4 rings (SSSR count). The molecular formula is C26H21Cl2N3O3. The fourth-order valence-corrected chi connectivity index (χ4v) is 3.93. The van der Waals surface area contributed by atoms with Crippen molar-refractivity contribution in [3.05, 3.63) is 94.0 Å². The molecule has 0 saturated heterocycles. The molecule has 1 atom stereocenters. The first kappa shape index (κ1) is 23.5. The number of carbonyl (C=O) groups excluding carboxylic acids is 3. The van der Waals surface area contributed by atoms with E-state index in [4.69, 9.17) is 23.2 Å². The summed E-state index contributed by atoms with van der Waals surface area (Å²) in [5, 5.41) is 6.15. The molecule has 3 aromatic carbocycles. The maximum atomic E-state index is 13.3. The highest BCUT2D eigenvalue weighted by Gasteiger charge is 2.37. The second-order valence-electron chi connectivity index (χ2n) is 7.86. The molecule has 0 fully saturated rings. The number of anilines is 3. The van der Waals surface area contributed by atoms with Crippen LogP contribution in [-0.2, 0) is 14.4 Å². The third kappa shape index (κ3) is 5.30. The van der Waals surface area contributed by atoms with Crippen molar-refractivity contribution in [2.24, 2.45) is 0 Å². The highest BCUT2D eigenvalue weighted by atomic mass is 35.5. The number of halogens is 2. The Hall–Kier alpha value is -3.61. The van der Waals surface area contributed by atoms with Crippen molar-refractivity contribution >= 4 is 64.1 Å². The smallest absolute Gasteiger partial charge is 0.251 e. The number of para-hydroxylation sites is 2. The summed E-state index contributed by atoms with van der Waals surface area (Å²) in [6.07, 6.45) is 2.85. The minimum atomic E-state index is -1.03. The second kappa shape index (κ2) is 10.1. The van der Waals surface area contributed by atoms with Gasteiger partial charge in [-0.15, -0.1) is 0 Å². The third-order valence-electron chi connectivity index (χ3n) is 5.35. The number of nitrogens with zero attached hydrogens (tertiary/aromatic N) is 1. The fourth-order valence-electron chi connectivity index (χ4n) is 3.63. The second-order valence-corrected chi connectivity index (χ2v) is 8.67. The lowest BCUT2D eigenvalue weighted by molar-refractivity contribution is -0.124. The van der Waals surface area contributed by atoms with E-state index in [-0.39, 0.29) is 6.42 Å². The van der Waals surface area contributed by atoms with Crippen molar-refractivity contribution < 1.29 is 14.4 Å². The van der Waals surface area contributed by atoms with Gasteiger partial charge in [0.15, 0.2) is 0 Å². The maximum Gasteiger partial charge on any atom is 0.251 e. The number of aryl methyl sites for hydroxylation is 1. The van der Waals surface area contributed by atoms with Crippen molar-refractivity contribution in [1.29, 1.82) is 0 Å². The molecule has 1 aliphatic heterocycles. The molecule has 0 spiro atoms. The molecule has 2 N–H and O–H groups in total.